The number of aromatic nitrogens is 1. The second-order valence-corrected chi connectivity index (χ2v) is 6.09. The minimum Gasteiger partial charge on any atom is -0.348 e. The van der Waals surface area contributed by atoms with Gasteiger partial charge in [-0.1, -0.05) is 30.3 Å². The second kappa shape index (κ2) is 7.88. The summed E-state index contributed by atoms with van der Waals surface area (Å²) in [5, 5.41) is 3.14. The molecule has 4 heteroatoms. The Morgan fingerprint density at radius 3 is 2.87 bits per heavy atom. The normalized spacial score (nSPS) is 18.5. The highest BCUT2D eigenvalue weighted by atomic mass is 16.1. The first-order chi connectivity index (χ1) is 11.3. The van der Waals surface area contributed by atoms with Crippen LogP contribution in [0.4, 0.5) is 0 Å². The van der Waals surface area contributed by atoms with Gasteiger partial charge in [0.1, 0.15) is 0 Å². The number of nitrogens with one attached hydrogen (secondary N) is 1. The molecule has 1 aromatic heterocycles. The van der Waals surface area contributed by atoms with E-state index < -0.39 is 0 Å². The first-order valence-electron chi connectivity index (χ1n) is 8.28. The van der Waals surface area contributed by atoms with Gasteiger partial charge >= 0.3 is 0 Å². The van der Waals surface area contributed by atoms with Crippen molar-refractivity contribution in [1.29, 1.82) is 0 Å². The first-order valence-corrected chi connectivity index (χ1v) is 8.28. The first kappa shape index (κ1) is 15.7. The Morgan fingerprint density at radius 1 is 1.22 bits per heavy atom. The molecule has 0 radical (unpaired) electrons. The Balaban J connectivity index is 1.49. The molecule has 0 saturated carbocycles. The highest BCUT2D eigenvalue weighted by Crippen LogP contribution is 2.12. The van der Waals surface area contributed by atoms with Crippen molar-refractivity contribution >= 4 is 5.91 Å². The van der Waals surface area contributed by atoms with E-state index in [1.807, 2.05) is 6.07 Å². The summed E-state index contributed by atoms with van der Waals surface area (Å²) < 4.78 is 0. The molecule has 0 bridgehead atoms. The monoisotopic (exact) mass is 309 g/mol. The van der Waals surface area contributed by atoms with Gasteiger partial charge in [-0.15, -0.1) is 0 Å². The van der Waals surface area contributed by atoms with E-state index in [4.69, 9.17) is 0 Å². The lowest BCUT2D eigenvalue weighted by Crippen LogP contribution is -2.48. The van der Waals surface area contributed by atoms with Gasteiger partial charge in [0, 0.05) is 31.5 Å². The van der Waals surface area contributed by atoms with Crippen LogP contribution in [0.25, 0.3) is 0 Å². The molecule has 3 rings (SSSR count). The van der Waals surface area contributed by atoms with Crippen LogP contribution in [0.1, 0.15) is 28.8 Å². The van der Waals surface area contributed by atoms with Gasteiger partial charge in [-0.25, -0.2) is 0 Å². The summed E-state index contributed by atoms with van der Waals surface area (Å²) in [5.41, 5.74) is 2.00. The predicted octanol–water partition coefficient (Wildman–Crippen LogP) is 2.52. The zero-order valence-electron chi connectivity index (χ0n) is 13.3. The van der Waals surface area contributed by atoms with E-state index in [1.54, 1.807) is 24.5 Å². The molecule has 23 heavy (non-hydrogen) atoms. The third kappa shape index (κ3) is 4.63. The molecule has 1 aliphatic rings. The van der Waals surface area contributed by atoms with Gasteiger partial charge in [-0.05, 0) is 43.5 Å². The van der Waals surface area contributed by atoms with Crippen molar-refractivity contribution < 1.29 is 4.79 Å². The number of amides is 1. The third-order valence-electron chi connectivity index (χ3n) is 4.32. The van der Waals surface area contributed by atoms with Crippen LogP contribution in [0.5, 0.6) is 0 Å². The molecule has 1 fully saturated rings. The van der Waals surface area contributed by atoms with Crippen molar-refractivity contribution in [1.82, 2.24) is 15.2 Å². The lowest BCUT2D eigenvalue weighted by Gasteiger charge is -2.33. The summed E-state index contributed by atoms with van der Waals surface area (Å²) in [7, 11) is 0. The van der Waals surface area contributed by atoms with Gasteiger partial charge in [0.2, 0.25) is 0 Å². The fraction of sp³-hybridized carbons (Fsp3) is 0.368. The van der Waals surface area contributed by atoms with Crippen LogP contribution in [0.2, 0.25) is 0 Å². The number of rotatable bonds is 5. The average Bonchev–Trinajstić information content (AvgIpc) is 2.62. The third-order valence-corrected chi connectivity index (χ3v) is 4.32. The van der Waals surface area contributed by atoms with Gasteiger partial charge in [-0.3, -0.25) is 9.78 Å². The summed E-state index contributed by atoms with van der Waals surface area (Å²) in [6.07, 6.45) is 6.54. The van der Waals surface area contributed by atoms with Crippen molar-refractivity contribution in [2.75, 3.05) is 19.6 Å². The molecule has 0 aliphatic carbocycles. The Bertz CT molecular complexity index is 615. The summed E-state index contributed by atoms with van der Waals surface area (Å²) in [6, 6.07) is 14.4. The standard InChI is InChI=1S/C19H23N3O/c23-19(17-8-4-11-20-14-17)21-18-9-5-12-22(15-18)13-10-16-6-2-1-3-7-16/h1-4,6-8,11,14,18H,5,9-10,12-13,15H2,(H,21,23). The Morgan fingerprint density at radius 2 is 2.09 bits per heavy atom. The van der Waals surface area contributed by atoms with Crippen molar-refractivity contribution in [3.63, 3.8) is 0 Å². The van der Waals surface area contributed by atoms with Crippen molar-refractivity contribution in [2.45, 2.75) is 25.3 Å². The zero-order valence-corrected chi connectivity index (χ0v) is 13.3. The van der Waals surface area contributed by atoms with E-state index in [-0.39, 0.29) is 11.9 Å². The van der Waals surface area contributed by atoms with Gasteiger partial charge in [0.25, 0.3) is 5.91 Å². The molecule has 4 nitrogen and oxygen atoms in total. The molecule has 1 saturated heterocycles. The molecule has 1 N–H and O–H groups in total. The number of nitrogens with zero attached hydrogens (tertiary/aromatic N) is 2. The lowest BCUT2D eigenvalue weighted by atomic mass is 10.0. The topological polar surface area (TPSA) is 45.2 Å². The Labute approximate surface area is 137 Å². The second-order valence-electron chi connectivity index (χ2n) is 6.09. The van der Waals surface area contributed by atoms with Crippen LogP contribution in [0, 0.1) is 0 Å². The van der Waals surface area contributed by atoms with Gasteiger partial charge in [-0.2, -0.15) is 0 Å². The smallest absolute Gasteiger partial charge is 0.253 e. The van der Waals surface area contributed by atoms with E-state index in [0.29, 0.717) is 5.56 Å². The summed E-state index contributed by atoms with van der Waals surface area (Å²) in [6.45, 7) is 3.09. The fourth-order valence-electron chi connectivity index (χ4n) is 3.07. The molecule has 1 amide bonds. The maximum Gasteiger partial charge on any atom is 0.253 e. The van der Waals surface area contributed by atoms with E-state index in [1.165, 1.54) is 5.56 Å². The van der Waals surface area contributed by atoms with E-state index in [2.05, 4.69) is 39.5 Å². The Kier molecular flexibility index (Phi) is 5.37. The van der Waals surface area contributed by atoms with E-state index in [9.17, 15) is 4.79 Å². The van der Waals surface area contributed by atoms with Crippen molar-refractivity contribution in [3.05, 3.63) is 66.0 Å². The van der Waals surface area contributed by atoms with Crippen LogP contribution in [0.15, 0.2) is 54.9 Å². The molecule has 2 heterocycles. The highest BCUT2D eigenvalue weighted by molar-refractivity contribution is 5.94. The lowest BCUT2D eigenvalue weighted by molar-refractivity contribution is 0.0904. The maximum atomic E-state index is 12.2. The average molecular weight is 309 g/mol. The number of pyridine rings is 1. The van der Waals surface area contributed by atoms with Crippen molar-refractivity contribution in [2.24, 2.45) is 0 Å². The molecular weight excluding hydrogens is 286 g/mol. The number of carbonyl (C=O) groups is 1. The summed E-state index contributed by atoms with van der Waals surface area (Å²) >= 11 is 0. The zero-order chi connectivity index (χ0) is 15.9. The SMILES string of the molecule is O=C(NC1CCCN(CCc2ccccc2)C1)c1cccnc1. The van der Waals surface area contributed by atoms with Crippen LogP contribution in [0.3, 0.4) is 0 Å². The molecule has 1 aromatic carbocycles. The number of hydrogen-bond acceptors (Lipinski definition) is 3. The van der Waals surface area contributed by atoms with Gasteiger partial charge < -0.3 is 10.2 Å². The Hall–Kier alpha value is -2.20. The van der Waals surface area contributed by atoms with Gasteiger partial charge in [0.05, 0.1) is 5.56 Å². The molecular formula is C19H23N3O. The molecule has 120 valence electrons. The van der Waals surface area contributed by atoms with Crippen LogP contribution < -0.4 is 5.32 Å². The molecule has 1 unspecified atom stereocenters. The highest BCUT2D eigenvalue weighted by Gasteiger charge is 2.21. The largest absolute Gasteiger partial charge is 0.348 e. The molecule has 1 aliphatic heterocycles. The summed E-state index contributed by atoms with van der Waals surface area (Å²) in [4.78, 5) is 18.7. The minimum absolute atomic E-state index is 0.0204. The number of piperidine rings is 1. The molecule has 0 spiro atoms. The number of hydrogen-bond donors (Lipinski definition) is 1. The maximum absolute atomic E-state index is 12.2. The molecule has 2 aromatic rings. The fourth-order valence-corrected chi connectivity index (χ4v) is 3.07. The number of likely N-dealkylation sites (tertiary alicyclic amines) is 1. The van der Waals surface area contributed by atoms with Crippen LogP contribution in [-0.4, -0.2) is 41.5 Å². The van der Waals surface area contributed by atoms with Crippen LogP contribution in [-0.2, 0) is 6.42 Å². The van der Waals surface area contributed by atoms with E-state index in [0.717, 1.165) is 38.9 Å². The van der Waals surface area contributed by atoms with E-state index >= 15 is 0 Å². The number of carbonyl (C=O) groups excluding carboxylic acids is 1. The van der Waals surface area contributed by atoms with Gasteiger partial charge in [0.15, 0.2) is 0 Å². The van der Waals surface area contributed by atoms with Crippen LogP contribution >= 0.6 is 0 Å². The predicted molar refractivity (Wildman–Crippen MR) is 91.3 cm³/mol. The number of benzene rings is 1. The van der Waals surface area contributed by atoms with Crippen molar-refractivity contribution in [3.8, 4) is 0 Å². The summed E-state index contributed by atoms with van der Waals surface area (Å²) in [5.74, 6) is -0.0204. The molecule has 1 atom stereocenters. The quantitative estimate of drug-likeness (QED) is 0.923. The minimum atomic E-state index is -0.0204.